The van der Waals surface area contributed by atoms with Gasteiger partial charge in [-0.15, -0.1) is 0 Å². The first-order chi connectivity index (χ1) is 9.04. The molecule has 1 aliphatic rings. The van der Waals surface area contributed by atoms with Crippen molar-refractivity contribution >= 4 is 9.84 Å². The number of rotatable bonds is 5. The van der Waals surface area contributed by atoms with Crippen LogP contribution in [0.15, 0.2) is 24.3 Å². The van der Waals surface area contributed by atoms with Gasteiger partial charge in [-0.25, -0.2) is 8.42 Å². The predicted molar refractivity (Wildman–Crippen MR) is 76.2 cm³/mol. The highest BCUT2D eigenvalue weighted by Gasteiger charge is 2.29. The lowest BCUT2D eigenvalue weighted by molar-refractivity contribution is 0.413. The van der Waals surface area contributed by atoms with E-state index in [9.17, 15) is 8.42 Å². The lowest BCUT2D eigenvalue weighted by Crippen LogP contribution is -2.33. The molecule has 1 heterocycles. The Bertz CT molecular complexity index is 510. The second-order valence-electron chi connectivity index (χ2n) is 5.00. The minimum Gasteiger partial charge on any atom is -0.497 e. The molecule has 4 nitrogen and oxygen atoms in total. The van der Waals surface area contributed by atoms with Crippen LogP contribution >= 0.6 is 0 Å². The number of benzene rings is 1. The normalized spacial score (nSPS) is 23.2. The molecule has 2 rings (SSSR count). The number of hydrogen-bond acceptors (Lipinski definition) is 4. The fourth-order valence-corrected chi connectivity index (χ4v) is 4.18. The molecule has 1 N–H and O–H groups in total. The number of hydrogen-bond donors (Lipinski definition) is 1. The lowest BCUT2D eigenvalue weighted by Gasteiger charge is -2.21. The molecular weight excluding hydrogens is 262 g/mol. The Labute approximate surface area is 115 Å². The molecular formula is C14H21NO3S. The zero-order valence-corrected chi connectivity index (χ0v) is 12.2. The van der Waals surface area contributed by atoms with Crippen LogP contribution in [0, 0.1) is 0 Å². The van der Waals surface area contributed by atoms with Gasteiger partial charge >= 0.3 is 0 Å². The smallest absolute Gasteiger partial charge is 0.151 e. The minimum absolute atomic E-state index is 0.0806. The average Bonchev–Trinajstić information content (AvgIpc) is 2.75. The highest BCUT2D eigenvalue weighted by molar-refractivity contribution is 7.91. The van der Waals surface area contributed by atoms with Gasteiger partial charge in [-0.05, 0) is 30.5 Å². The molecule has 1 aromatic carbocycles. The summed E-state index contributed by atoms with van der Waals surface area (Å²) in [6.07, 6.45) is 1.65. The third-order valence-electron chi connectivity index (χ3n) is 3.60. The molecule has 5 heteroatoms. The van der Waals surface area contributed by atoms with Crippen molar-refractivity contribution in [2.75, 3.05) is 18.6 Å². The molecule has 1 saturated heterocycles. The third kappa shape index (κ3) is 3.70. The first-order valence-electron chi connectivity index (χ1n) is 6.64. The summed E-state index contributed by atoms with van der Waals surface area (Å²) >= 11 is 0. The Hall–Kier alpha value is -1.07. The number of nitrogens with one attached hydrogen (secondary N) is 1. The van der Waals surface area contributed by atoms with Gasteiger partial charge < -0.3 is 10.1 Å². The maximum absolute atomic E-state index is 11.5. The second kappa shape index (κ2) is 5.92. The van der Waals surface area contributed by atoms with Gasteiger partial charge in [-0.1, -0.05) is 19.1 Å². The van der Waals surface area contributed by atoms with Crippen molar-refractivity contribution in [1.29, 1.82) is 0 Å². The monoisotopic (exact) mass is 283 g/mol. The van der Waals surface area contributed by atoms with Crippen molar-refractivity contribution in [3.63, 3.8) is 0 Å². The summed E-state index contributed by atoms with van der Waals surface area (Å²) in [5.74, 6) is 1.41. The maximum atomic E-state index is 11.5. The van der Waals surface area contributed by atoms with E-state index in [-0.39, 0.29) is 17.8 Å². The zero-order valence-electron chi connectivity index (χ0n) is 11.4. The highest BCUT2D eigenvalue weighted by Crippen LogP contribution is 2.22. The number of sulfone groups is 1. The Morgan fingerprint density at radius 3 is 2.53 bits per heavy atom. The molecule has 1 aliphatic heterocycles. The van der Waals surface area contributed by atoms with E-state index < -0.39 is 9.84 Å². The molecule has 106 valence electrons. The minimum atomic E-state index is -2.82. The van der Waals surface area contributed by atoms with Crippen molar-refractivity contribution in [2.24, 2.45) is 0 Å². The van der Waals surface area contributed by atoms with Crippen molar-refractivity contribution in [2.45, 2.75) is 31.8 Å². The Morgan fingerprint density at radius 1 is 1.37 bits per heavy atom. The van der Waals surface area contributed by atoms with E-state index in [1.165, 1.54) is 5.56 Å². The second-order valence-corrected chi connectivity index (χ2v) is 7.23. The first-order valence-corrected chi connectivity index (χ1v) is 8.46. The molecule has 0 aromatic heterocycles. The van der Waals surface area contributed by atoms with Crippen LogP contribution in [0.5, 0.6) is 5.75 Å². The summed E-state index contributed by atoms with van der Waals surface area (Å²) in [5.41, 5.74) is 1.17. The predicted octanol–water partition coefficient (Wildman–Crippen LogP) is 1.92. The fourth-order valence-electron chi connectivity index (χ4n) is 2.50. The van der Waals surface area contributed by atoms with Gasteiger partial charge in [0.2, 0.25) is 0 Å². The summed E-state index contributed by atoms with van der Waals surface area (Å²) in [6, 6.07) is 8.21. The molecule has 1 aromatic rings. The number of methoxy groups -OCH3 is 1. The molecule has 0 amide bonds. The molecule has 0 radical (unpaired) electrons. The standard InChI is InChI=1S/C14H21NO3S/c1-3-14(11-4-6-13(18-2)7-5-11)15-12-8-9-19(16,17)10-12/h4-7,12,14-15H,3,8-10H2,1-2H3. The first kappa shape index (κ1) is 14.3. The summed E-state index contributed by atoms with van der Waals surface area (Å²) < 4.78 is 28.1. The SMILES string of the molecule is CCC(NC1CCS(=O)(=O)C1)c1ccc(OC)cc1. The average molecular weight is 283 g/mol. The summed E-state index contributed by atoms with van der Waals surface area (Å²) in [4.78, 5) is 0. The fraction of sp³-hybridized carbons (Fsp3) is 0.571. The van der Waals surface area contributed by atoms with Gasteiger partial charge in [-0.3, -0.25) is 0 Å². The van der Waals surface area contributed by atoms with Crippen LogP contribution in [0.4, 0.5) is 0 Å². The summed E-state index contributed by atoms with van der Waals surface area (Å²) in [5, 5.41) is 3.46. The van der Waals surface area contributed by atoms with Crippen LogP contribution in [0.25, 0.3) is 0 Å². The molecule has 2 unspecified atom stereocenters. The Kier molecular flexibility index (Phi) is 4.47. The van der Waals surface area contributed by atoms with Crippen LogP contribution in [0.2, 0.25) is 0 Å². The van der Waals surface area contributed by atoms with Crippen molar-refractivity contribution < 1.29 is 13.2 Å². The Balaban J connectivity index is 2.03. The lowest BCUT2D eigenvalue weighted by atomic mass is 10.0. The van der Waals surface area contributed by atoms with Crippen molar-refractivity contribution in [3.8, 4) is 5.75 Å². The van der Waals surface area contributed by atoms with Crippen LogP contribution in [0.1, 0.15) is 31.4 Å². The van der Waals surface area contributed by atoms with E-state index in [4.69, 9.17) is 4.74 Å². The van der Waals surface area contributed by atoms with E-state index in [0.717, 1.165) is 18.6 Å². The molecule has 0 bridgehead atoms. The quantitative estimate of drug-likeness (QED) is 0.897. The zero-order chi connectivity index (χ0) is 13.9. The number of ether oxygens (including phenoxy) is 1. The van der Waals surface area contributed by atoms with Crippen molar-refractivity contribution in [3.05, 3.63) is 29.8 Å². The summed E-state index contributed by atoms with van der Waals surface area (Å²) in [7, 11) is -1.18. The highest BCUT2D eigenvalue weighted by atomic mass is 32.2. The van der Waals surface area contributed by atoms with Gasteiger partial charge in [0.1, 0.15) is 5.75 Å². The van der Waals surface area contributed by atoms with E-state index in [2.05, 4.69) is 12.2 Å². The molecule has 0 aliphatic carbocycles. The molecule has 0 spiro atoms. The molecule has 19 heavy (non-hydrogen) atoms. The van der Waals surface area contributed by atoms with Gasteiger partial charge in [0.15, 0.2) is 9.84 Å². The topological polar surface area (TPSA) is 55.4 Å². The van der Waals surface area contributed by atoms with Crippen LogP contribution < -0.4 is 10.1 Å². The van der Waals surface area contributed by atoms with Gasteiger partial charge in [-0.2, -0.15) is 0 Å². The van der Waals surface area contributed by atoms with E-state index in [0.29, 0.717) is 5.75 Å². The molecule has 2 atom stereocenters. The summed E-state index contributed by atoms with van der Waals surface area (Å²) in [6.45, 7) is 2.10. The molecule has 0 saturated carbocycles. The van der Waals surface area contributed by atoms with Gasteiger partial charge in [0, 0.05) is 12.1 Å². The molecule has 1 fully saturated rings. The van der Waals surface area contributed by atoms with Crippen molar-refractivity contribution in [1.82, 2.24) is 5.32 Å². The van der Waals surface area contributed by atoms with E-state index in [1.807, 2.05) is 24.3 Å². The van der Waals surface area contributed by atoms with Gasteiger partial charge in [0.05, 0.1) is 18.6 Å². The largest absolute Gasteiger partial charge is 0.497 e. The van der Waals surface area contributed by atoms with E-state index in [1.54, 1.807) is 7.11 Å². The third-order valence-corrected chi connectivity index (χ3v) is 5.36. The van der Waals surface area contributed by atoms with Crippen LogP contribution in [0.3, 0.4) is 0 Å². The van der Waals surface area contributed by atoms with Crippen LogP contribution in [-0.4, -0.2) is 33.1 Å². The van der Waals surface area contributed by atoms with Crippen LogP contribution in [-0.2, 0) is 9.84 Å². The van der Waals surface area contributed by atoms with Gasteiger partial charge in [0.25, 0.3) is 0 Å². The maximum Gasteiger partial charge on any atom is 0.151 e. The van der Waals surface area contributed by atoms with E-state index >= 15 is 0 Å². The Morgan fingerprint density at radius 2 is 2.05 bits per heavy atom.